The van der Waals surface area contributed by atoms with E-state index in [1.807, 2.05) is 0 Å². The number of hydrogen-bond donors (Lipinski definition) is 4. The van der Waals surface area contributed by atoms with Gasteiger partial charge >= 0.3 is 0 Å². The zero-order valence-corrected chi connectivity index (χ0v) is 6.94. The molecule has 1 aliphatic heterocycles. The van der Waals surface area contributed by atoms with Gasteiger partial charge in [0.2, 0.25) is 0 Å². The van der Waals surface area contributed by atoms with Crippen molar-refractivity contribution in [1.29, 1.82) is 0 Å². The highest BCUT2D eigenvalue weighted by Gasteiger charge is 2.26. The average molecular weight is 180 g/mol. The predicted octanol–water partition coefficient (Wildman–Crippen LogP) is -2.04. The van der Waals surface area contributed by atoms with Crippen molar-refractivity contribution in [3.63, 3.8) is 0 Å². The first-order chi connectivity index (χ1) is 5.74. The van der Waals surface area contributed by atoms with Crippen molar-refractivity contribution in [2.24, 2.45) is 5.41 Å². The van der Waals surface area contributed by atoms with Crippen LogP contribution in [0, 0.1) is 5.41 Å². The van der Waals surface area contributed by atoms with E-state index in [1.165, 1.54) is 0 Å². The molecule has 1 fully saturated rings. The molecule has 0 aromatic carbocycles. The smallest absolute Gasteiger partial charge is 0.0701 e. The number of hydrogen-bond acceptors (Lipinski definition) is 5. The highest BCUT2D eigenvalue weighted by Crippen LogP contribution is 2.11. The normalized spacial score (nSPS) is 15.0. The molecule has 1 rings (SSSR count). The summed E-state index contributed by atoms with van der Waals surface area (Å²) in [4.78, 5) is 0. The minimum Gasteiger partial charge on any atom is -0.396 e. The van der Waals surface area contributed by atoms with Crippen molar-refractivity contribution in [3.8, 4) is 0 Å². The van der Waals surface area contributed by atoms with Gasteiger partial charge in [0.15, 0.2) is 0 Å². The Bertz CT molecular complexity index is 79.7. The van der Waals surface area contributed by atoms with Gasteiger partial charge < -0.3 is 25.2 Å². The molecule has 0 aromatic rings. The molecule has 0 aromatic heterocycles. The lowest BCUT2D eigenvalue weighted by Gasteiger charge is -2.23. The molecule has 0 unspecified atom stereocenters. The van der Waals surface area contributed by atoms with Crippen molar-refractivity contribution in [3.05, 3.63) is 0 Å². The summed E-state index contributed by atoms with van der Waals surface area (Å²) in [6, 6.07) is 0. The van der Waals surface area contributed by atoms with Gasteiger partial charge in [0.1, 0.15) is 0 Å². The fraction of sp³-hybridized carbons (Fsp3) is 1.00. The van der Waals surface area contributed by atoms with Gasteiger partial charge in [-0.2, -0.15) is 0 Å². The van der Waals surface area contributed by atoms with Crippen LogP contribution < -0.4 is 0 Å². The Morgan fingerprint density at radius 1 is 0.833 bits per heavy atom. The van der Waals surface area contributed by atoms with Gasteiger partial charge in [-0.3, -0.25) is 0 Å². The van der Waals surface area contributed by atoms with Gasteiger partial charge in [0.25, 0.3) is 0 Å². The van der Waals surface area contributed by atoms with Gasteiger partial charge in [-0.25, -0.2) is 0 Å². The van der Waals surface area contributed by atoms with E-state index in [-0.39, 0.29) is 0 Å². The summed E-state index contributed by atoms with van der Waals surface area (Å²) in [6.45, 7) is 0.375. The molecule has 0 spiro atoms. The van der Waals surface area contributed by atoms with Crippen LogP contribution in [0.1, 0.15) is 0 Å². The van der Waals surface area contributed by atoms with E-state index < -0.39 is 31.8 Å². The second kappa shape index (κ2) is 6.33. The number of aliphatic hydroxyl groups is 4. The lowest BCUT2D eigenvalue weighted by Crippen LogP contribution is -2.37. The summed E-state index contributed by atoms with van der Waals surface area (Å²) in [5.41, 5.74) is -1.11. The fourth-order valence-corrected chi connectivity index (χ4v) is 0.300. The average Bonchev–Trinajstić information content (AvgIpc) is 2.96. The Labute approximate surface area is 71.2 Å². The van der Waals surface area contributed by atoms with E-state index in [4.69, 9.17) is 20.4 Å². The maximum Gasteiger partial charge on any atom is 0.0701 e. The van der Waals surface area contributed by atoms with Crippen molar-refractivity contribution in [1.82, 2.24) is 0 Å². The Kier molecular flexibility index (Phi) is 6.23. The first-order valence-electron chi connectivity index (χ1n) is 3.76. The van der Waals surface area contributed by atoms with Crippen LogP contribution in [0.15, 0.2) is 0 Å². The SMILES string of the molecule is C1CO1.OCC(CO)(CO)CO. The van der Waals surface area contributed by atoms with Gasteiger partial charge in [0.05, 0.1) is 45.1 Å². The minimum absolute atomic E-state index is 0.406. The van der Waals surface area contributed by atoms with Crippen LogP contribution in [-0.2, 0) is 4.74 Å². The summed E-state index contributed by atoms with van der Waals surface area (Å²) in [5.74, 6) is 0. The molecule has 1 aliphatic rings. The van der Waals surface area contributed by atoms with Gasteiger partial charge in [-0.1, -0.05) is 0 Å². The Morgan fingerprint density at radius 3 is 1.08 bits per heavy atom. The lowest BCUT2D eigenvalue weighted by atomic mass is 9.93. The largest absolute Gasteiger partial charge is 0.396 e. The molecular weight excluding hydrogens is 164 g/mol. The zero-order chi connectivity index (χ0) is 9.45. The molecule has 12 heavy (non-hydrogen) atoms. The van der Waals surface area contributed by atoms with Gasteiger partial charge in [0, 0.05) is 0 Å². The summed E-state index contributed by atoms with van der Waals surface area (Å²) in [5, 5.41) is 34.0. The van der Waals surface area contributed by atoms with Crippen LogP contribution >= 0.6 is 0 Å². The van der Waals surface area contributed by atoms with Crippen molar-refractivity contribution in [2.75, 3.05) is 39.6 Å². The van der Waals surface area contributed by atoms with Crippen LogP contribution in [-0.4, -0.2) is 60.1 Å². The van der Waals surface area contributed by atoms with Crippen LogP contribution in [0.2, 0.25) is 0 Å². The number of epoxide rings is 1. The molecule has 1 saturated heterocycles. The summed E-state index contributed by atoms with van der Waals surface area (Å²) >= 11 is 0. The first-order valence-corrected chi connectivity index (χ1v) is 3.76. The quantitative estimate of drug-likeness (QED) is 0.374. The van der Waals surface area contributed by atoms with Crippen LogP contribution in [0.5, 0.6) is 0 Å². The number of rotatable bonds is 4. The van der Waals surface area contributed by atoms with E-state index in [9.17, 15) is 0 Å². The molecule has 0 bridgehead atoms. The maximum absolute atomic E-state index is 8.50. The minimum atomic E-state index is -1.11. The monoisotopic (exact) mass is 180 g/mol. The molecule has 0 atom stereocenters. The molecule has 74 valence electrons. The zero-order valence-electron chi connectivity index (χ0n) is 6.94. The van der Waals surface area contributed by atoms with Crippen LogP contribution in [0.4, 0.5) is 0 Å². The predicted molar refractivity (Wildman–Crippen MR) is 41.6 cm³/mol. The third-order valence-corrected chi connectivity index (χ3v) is 1.55. The van der Waals surface area contributed by atoms with Gasteiger partial charge in [-0.05, 0) is 0 Å². The summed E-state index contributed by atoms with van der Waals surface area (Å²) in [6.07, 6.45) is 0. The van der Waals surface area contributed by atoms with Crippen molar-refractivity contribution >= 4 is 0 Å². The summed E-state index contributed by atoms with van der Waals surface area (Å²) in [7, 11) is 0. The Morgan fingerprint density at radius 2 is 1.08 bits per heavy atom. The maximum atomic E-state index is 8.50. The van der Waals surface area contributed by atoms with E-state index in [0.29, 0.717) is 0 Å². The second-order valence-corrected chi connectivity index (χ2v) is 2.74. The highest BCUT2D eigenvalue weighted by molar-refractivity contribution is 4.74. The second-order valence-electron chi connectivity index (χ2n) is 2.74. The lowest BCUT2D eigenvalue weighted by molar-refractivity contribution is -0.0328. The van der Waals surface area contributed by atoms with Crippen molar-refractivity contribution in [2.45, 2.75) is 0 Å². The van der Waals surface area contributed by atoms with E-state index in [1.54, 1.807) is 0 Å². The molecule has 5 heteroatoms. The van der Waals surface area contributed by atoms with E-state index >= 15 is 0 Å². The molecule has 0 aliphatic carbocycles. The molecule has 1 heterocycles. The van der Waals surface area contributed by atoms with Crippen LogP contribution in [0.3, 0.4) is 0 Å². The molecule has 0 saturated carbocycles. The number of aliphatic hydroxyl groups excluding tert-OH is 4. The molecule has 5 nitrogen and oxygen atoms in total. The van der Waals surface area contributed by atoms with E-state index in [2.05, 4.69) is 4.74 Å². The third kappa shape index (κ3) is 4.63. The Hall–Kier alpha value is -0.200. The van der Waals surface area contributed by atoms with E-state index in [0.717, 1.165) is 13.2 Å². The molecular formula is C7H16O5. The molecule has 0 amide bonds. The summed E-state index contributed by atoms with van der Waals surface area (Å²) < 4.78 is 4.50. The topological polar surface area (TPSA) is 93.5 Å². The standard InChI is InChI=1S/C5H12O4.C2H4O/c6-1-5(2-7,3-8)4-9;1-2-3-1/h6-9H,1-4H2;1-2H2. The molecule has 0 radical (unpaired) electrons. The van der Waals surface area contributed by atoms with Gasteiger partial charge in [-0.15, -0.1) is 0 Å². The van der Waals surface area contributed by atoms with Crippen molar-refractivity contribution < 1.29 is 25.2 Å². The van der Waals surface area contributed by atoms with Crippen LogP contribution in [0.25, 0.3) is 0 Å². The molecule has 4 N–H and O–H groups in total. The Balaban J connectivity index is 0.000000330. The third-order valence-electron chi connectivity index (χ3n) is 1.55. The number of ether oxygens (including phenoxy) is 1. The highest BCUT2D eigenvalue weighted by atomic mass is 16.6. The first kappa shape index (κ1) is 11.8. The fourth-order valence-electron chi connectivity index (χ4n) is 0.300.